The van der Waals surface area contributed by atoms with Crippen molar-refractivity contribution in [3.63, 3.8) is 0 Å². The summed E-state index contributed by atoms with van der Waals surface area (Å²) in [5.74, 6) is -0.129. The predicted molar refractivity (Wildman–Crippen MR) is 74.6 cm³/mol. The van der Waals surface area contributed by atoms with E-state index in [1.54, 1.807) is 11.3 Å². The highest BCUT2D eigenvalue weighted by molar-refractivity contribution is 9.10. The van der Waals surface area contributed by atoms with E-state index in [0.29, 0.717) is 13.0 Å². The Labute approximate surface area is 119 Å². The monoisotopic (exact) mass is 339 g/mol. The Morgan fingerprint density at radius 1 is 1.65 bits per heavy atom. The number of hydrogen-bond donors (Lipinski definition) is 1. The molecule has 1 aromatic rings. The smallest absolute Gasteiger partial charge is 0.305 e. The van der Waals surface area contributed by atoms with Gasteiger partial charge in [-0.05, 0) is 41.9 Å². The summed E-state index contributed by atoms with van der Waals surface area (Å²) in [6, 6.07) is 2.01. The lowest BCUT2D eigenvalue weighted by Crippen LogP contribution is -2.15. The van der Waals surface area contributed by atoms with Crippen LogP contribution in [0.15, 0.2) is 10.5 Å². The Morgan fingerprint density at radius 3 is 3.00 bits per heavy atom. The van der Waals surface area contributed by atoms with Crippen molar-refractivity contribution in [3.8, 4) is 0 Å². The molecule has 0 aromatic carbocycles. The molecule has 1 N–H and O–H groups in total. The fourth-order valence-electron chi connectivity index (χ4n) is 1.28. The van der Waals surface area contributed by atoms with Gasteiger partial charge in [-0.3, -0.25) is 4.79 Å². The Bertz CT molecular complexity index is 351. The highest BCUT2D eigenvalue weighted by Crippen LogP contribution is 2.31. The van der Waals surface area contributed by atoms with Crippen molar-refractivity contribution in [2.75, 3.05) is 13.2 Å². The third-order valence-electron chi connectivity index (χ3n) is 2.04. The van der Waals surface area contributed by atoms with Gasteiger partial charge in [-0.25, -0.2) is 0 Å². The van der Waals surface area contributed by atoms with Crippen LogP contribution in [0.3, 0.4) is 0 Å². The van der Waals surface area contributed by atoms with Gasteiger partial charge in [-0.15, -0.1) is 11.3 Å². The average Bonchev–Trinajstić information content (AvgIpc) is 2.58. The molecular formula is C11H15BrClNO2S. The second-order valence-electron chi connectivity index (χ2n) is 3.42. The second kappa shape index (κ2) is 8.08. The molecule has 0 unspecified atom stereocenters. The Hall–Kier alpha value is -0.100. The largest absolute Gasteiger partial charge is 0.466 e. The van der Waals surface area contributed by atoms with Crippen LogP contribution in [0.5, 0.6) is 0 Å². The van der Waals surface area contributed by atoms with E-state index in [1.807, 2.05) is 13.0 Å². The zero-order valence-electron chi connectivity index (χ0n) is 9.59. The summed E-state index contributed by atoms with van der Waals surface area (Å²) in [5.41, 5.74) is 0. The van der Waals surface area contributed by atoms with E-state index in [2.05, 4.69) is 21.2 Å². The van der Waals surface area contributed by atoms with E-state index in [0.717, 1.165) is 28.3 Å². The summed E-state index contributed by atoms with van der Waals surface area (Å²) in [5, 5.41) is 3.26. The van der Waals surface area contributed by atoms with E-state index in [1.165, 1.54) is 4.88 Å². The second-order valence-corrected chi connectivity index (χ2v) is 6.01. The van der Waals surface area contributed by atoms with Crippen LogP contribution in [0.2, 0.25) is 4.34 Å². The summed E-state index contributed by atoms with van der Waals surface area (Å²) in [7, 11) is 0. The zero-order valence-corrected chi connectivity index (χ0v) is 12.8. The van der Waals surface area contributed by atoms with Crippen LogP contribution in [0.4, 0.5) is 0 Å². The average molecular weight is 341 g/mol. The van der Waals surface area contributed by atoms with Crippen LogP contribution >= 0.6 is 38.9 Å². The Kier molecular flexibility index (Phi) is 7.11. The number of nitrogens with one attached hydrogen (secondary N) is 1. The van der Waals surface area contributed by atoms with Crippen molar-refractivity contribution in [1.82, 2.24) is 5.32 Å². The van der Waals surface area contributed by atoms with Crippen molar-refractivity contribution in [1.29, 1.82) is 0 Å². The molecule has 0 atom stereocenters. The summed E-state index contributed by atoms with van der Waals surface area (Å²) >= 11 is 10.8. The van der Waals surface area contributed by atoms with Crippen LogP contribution in [-0.2, 0) is 16.1 Å². The lowest BCUT2D eigenvalue weighted by molar-refractivity contribution is -0.143. The van der Waals surface area contributed by atoms with Gasteiger partial charge in [0, 0.05) is 22.3 Å². The molecule has 17 heavy (non-hydrogen) atoms. The summed E-state index contributed by atoms with van der Waals surface area (Å²) < 4.78 is 6.55. The Balaban J connectivity index is 2.10. The third kappa shape index (κ3) is 5.86. The SMILES string of the molecule is CCOC(=O)CCCNCc1cc(Br)c(Cl)s1. The van der Waals surface area contributed by atoms with Crippen molar-refractivity contribution in [2.45, 2.75) is 26.3 Å². The molecule has 0 aliphatic carbocycles. The van der Waals surface area contributed by atoms with Crippen molar-refractivity contribution >= 4 is 44.8 Å². The molecule has 0 bridgehead atoms. The molecule has 0 fully saturated rings. The molecule has 0 saturated heterocycles. The van der Waals surface area contributed by atoms with Crippen molar-refractivity contribution in [3.05, 3.63) is 19.8 Å². The number of hydrogen-bond acceptors (Lipinski definition) is 4. The molecule has 6 heteroatoms. The lowest BCUT2D eigenvalue weighted by Gasteiger charge is -2.03. The highest BCUT2D eigenvalue weighted by atomic mass is 79.9. The minimum atomic E-state index is -0.129. The molecule has 3 nitrogen and oxygen atoms in total. The zero-order chi connectivity index (χ0) is 12.7. The number of esters is 1. The number of carbonyl (C=O) groups excluding carboxylic acids is 1. The molecule has 1 aromatic heterocycles. The van der Waals surface area contributed by atoms with Crippen LogP contribution in [0.25, 0.3) is 0 Å². The quantitative estimate of drug-likeness (QED) is 0.609. The van der Waals surface area contributed by atoms with Crippen molar-refractivity contribution in [2.24, 2.45) is 0 Å². The van der Waals surface area contributed by atoms with Gasteiger partial charge in [-0.2, -0.15) is 0 Å². The predicted octanol–water partition coefficient (Wildman–Crippen LogP) is 3.60. The van der Waals surface area contributed by atoms with Gasteiger partial charge in [0.2, 0.25) is 0 Å². The molecule has 0 saturated carbocycles. The molecule has 0 spiro atoms. The first-order valence-electron chi connectivity index (χ1n) is 5.43. The first kappa shape index (κ1) is 15.0. The van der Waals surface area contributed by atoms with Gasteiger partial charge in [0.25, 0.3) is 0 Å². The van der Waals surface area contributed by atoms with Crippen LogP contribution < -0.4 is 5.32 Å². The molecular weight excluding hydrogens is 326 g/mol. The maximum atomic E-state index is 11.1. The fraction of sp³-hybridized carbons (Fsp3) is 0.545. The number of ether oxygens (including phenoxy) is 1. The number of halogens is 2. The normalized spacial score (nSPS) is 10.5. The number of rotatable bonds is 7. The van der Waals surface area contributed by atoms with Crippen LogP contribution in [-0.4, -0.2) is 19.1 Å². The summed E-state index contributed by atoms with van der Waals surface area (Å²) in [6.07, 6.45) is 1.26. The van der Waals surface area contributed by atoms with Crippen LogP contribution in [0.1, 0.15) is 24.6 Å². The topological polar surface area (TPSA) is 38.3 Å². The summed E-state index contributed by atoms with van der Waals surface area (Å²) in [4.78, 5) is 12.2. The third-order valence-corrected chi connectivity index (χ3v) is 4.51. The molecule has 0 radical (unpaired) electrons. The molecule has 0 aliphatic heterocycles. The van der Waals surface area contributed by atoms with Gasteiger partial charge in [0.15, 0.2) is 0 Å². The van der Waals surface area contributed by atoms with Crippen LogP contribution in [0, 0.1) is 0 Å². The molecule has 96 valence electrons. The first-order chi connectivity index (χ1) is 8.13. The molecule has 0 amide bonds. The van der Waals surface area contributed by atoms with Gasteiger partial charge in [0.1, 0.15) is 4.34 Å². The number of thiophene rings is 1. The van der Waals surface area contributed by atoms with Gasteiger partial charge >= 0.3 is 5.97 Å². The first-order valence-corrected chi connectivity index (χ1v) is 7.42. The number of carbonyl (C=O) groups is 1. The van der Waals surface area contributed by atoms with E-state index in [4.69, 9.17) is 16.3 Å². The summed E-state index contributed by atoms with van der Waals surface area (Å²) in [6.45, 7) is 3.84. The van der Waals surface area contributed by atoms with E-state index >= 15 is 0 Å². The molecule has 0 aliphatic rings. The highest BCUT2D eigenvalue weighted by Gasteiger charge is 2.04. The van der Waals surface area contributed by atoms with Crippen molar-refractivity contribution < 1.29 is 9.53 Å². The minimum absolute atomic E-state index is 0.129. The van der Waals surface area contributed by atoms with Gasteiger partial charge in [-0.1, -0.05) is 11.6 Å². The maximum absolute atomic E-state index is 11.1. The standard InChI is InChI=1S/C11H15BrClNO2S/c1-2-16-10(15)4-3-5-14-7-8-6-9(12)11(13)17-8/h6,14H,2-5,7H2,1H3. The van der Waals surface area contributed by atoms with Gasteiger partial charge < -0.3 is 10.1 Å². The lowest BCUT2D eigenvalue weighted by atomic mass is 10.3. The maximum Gasteiger partial charge on any atom is 0.305 e. The molecule has 1 rings (SSSR count). The van der Waals surface area contributed by atoms with E-state index in [9.17, 15) is 4.79 Å². The molecule has 1 heterocycles. The van der Waals surface area contributed by atoms with E-state index < -0.39 is 0 Å². The fourth-order valence-corrected chi connectivity index (χ4v) is 3.04. The van der Waals surface area contributed by atoms with E-state index in [-0.39, 0.29) is 5.97 Å². The minimum Gasteiger partial charge on any atom is -0.466 e. The Morgan fingerprint density at radius 2 is 2.41 bits per heavy atom. The van der Waals surface area contributed by atoms with Gasteiger partial charge in [0.05, 0.1) is 6.61 Å².